The number of benzene rings is 2. The number of halogens is 1. The highest BCUT2D eigenvalue weighted by Crippen LogP contribution is 2.35. The molecule has 2 aromatic heterocycles. The second-order valence-corrected chi connectivity index (χ2v) is 8.55. The molecule has 2 heterocycles. The average Bonchev–Trinajstić information content (AvgIpc) is 2.94. The predicted molar refractivity (Wildman–Crippen MR) is 150 cm³/mol. The van der Waals surface area contributed by atoms with Crippen molar-refractivity contribution >= 4 is 57.9 Å². The third kappa shape index (κ3) is 5.94. The molecular weight excluding hydrogens is 524 g/mol. The molecule has 4 rings (SSSR count). The summed E-state index contributed by atoms with van der Waals surface area (Å²) in [5.41, 5.74) is 14.0. The quantitative estimate of drug-likeness (QED) is 0.218. The number of nitrogens with one attached hydrogen (secondary N) is 2. The molecule has 12 heteroatoms. The van der Waals surface area contributed by atoms with Gasteiger partial charge in [0, 0.05) is 16.4 Å². The van der Waals surface area contributed by atoms with E-state index in [9.17, 15) is 9.59 Å². The fourth-order valence-corrected chi connectivity index (χ4v) is 3.85. The van der Waals surface area contributed by atoms with Gasteiger partial charge >= 0.3 is 11.9 Å². The van der Waals surface area contributed by atoms with Crippen molar-refractivity contribution in [2.45, 2.75) is 0 Å². The molecule has 11 nitrogen and oxygen atoms in total. The SMILES string of the molecule is COC(=O)c1cc(N)c(Nc2ccc(OC)cc2)nc1-c1nc(Nc2cccc(Cl)c2)c(N)cc1C(=O)OC. The van der Waals surface area contributed by atoms with E-state index in [4.69, 9.17) is 37.3 Å². The Labute approximate surface area is 229 Å². The number of esters is 2. The van der Waals surface area contributed by atoms with Crippen LogP contribution in [0.15, 0.2) is 60.7 Å². The van der Waals surface area contributed by atoms with Gasteiger partial charge in [0.25, 0.3) is 0 Å². The molecule has 0 aliphatic carbocycles. The second-order valence-electron chi connectivity index (χ2n) is 8.12. The van der Waals surface area contributed by atoms with Crippen LogP contribution in [0.4, 0.5) is 34.4 Å². The van der Waals surface area contributed by atoms with Crippen LogP contribution in [0, 0.1) is 0 Å². The van der Waals surface area contributed by atoms with Gasteiger partial charge in [-0.05, 0) is 54.6 Å². The van der Waals surface area contributed by atoms with Gasteiger partial charge in [0.2, 0.25) is 0 Å². The van der Waals surface area contributed by atoms with Gasteiger partial charge in [-0.1, -0.05) is 17.7 Å². The van der Waals surface area contributed by atoms with E-state index in [0.717, 1.165) is 0 Å². The van der Waals surface area contributed by atoms with E-state index in [1.807, 2.05) is 0 Å². The first-order valence-corrected chi connectivity index (χ1v) is 11.8. The van der Waals surface area contributed by atoms with Crippen LogP contribution in [0.2, 0.25) is 5.02 Å². The van der Waals surface area contributed by atoms with Crippen LogP contribution in [0.1, 0.15) is 20.7 Å². The topological polar surface area (TPSA) is 164 Å². The smallest absolute Gasteiger partial charge is 0.340 e. The molecule has 0 bridgehead atoms. The Hall–Kier alpha value is -5.03. The molecule has 2 aromatic carbocycles. The monoisotopic (exact) mass is 548 g/mol. The Morgan fingerprint density at radius 3 is 1.72 bits per heavy atom. The zero-order valence-electron chi connectivity index (χ0n) is 21.2. The van der Waals surface area contributed by atoms with Crippen molar-refractivity contribution in [3.63, 3.8) is 0 Å². The molecule has 0 spiro atoms. The van der Waals surface area contributed by atoms with Crippen molar-refractivity contribution in [1.29, 1.82) is 0 Å². The Balaban J connectivity index is 1.90. The zero-order chi connectivity index (χ0) is 28.1. The van der Waals surface area contributed by atoms with Gasteiger partial charge in [-0.2, -0.15) is 0 Å². The lowest BCUT2D eigenvalue weighted by molar-refractivity contribution is 0.0589. The normalized spacial score (nSPS) is 10.5. The van der Waals surface area contributed by atoms with Crippen LogP contribution in [0.5, 0.6) is 5.75 Å². The van der Waals surface area contributed by atoms with Crippen LogP contribution >= 0.6 is 11.6 Å². The number of ether oxygens (including phenoxy) is 3. The molecule has 200 valence electrons. The number of carbonyl (C=O) groups excluding carboxylic acids is 2. The van der Waals surface area contributed by atoms with Crippen LogP contribution < -0.4 is 26.8 Å². The molecule has 0 aliphatic rings. The summed E-state index contributed by atoms with van der Waals surface area (Å²) in [5, 5.41) is 6.68. The molecule has 0 fully saturated rings. The Kier molecular flexibility index (Phi) is 8.01. The third-order valence-electron chi connectivity index (χ3n) is 5.58. The Morgan fingerprint density at radius 2 is 1.26 bits per heavy atom. The van der Waals surface area contributed by atoms with E-state index >= 15 is 0 Å². The molecule has 0 atom stereocenters. The van der Waals surface area contributed by atoms with Crippen molar-refractivity contribution in [3.8, 4) is 17.1 Å². The second kappa shape index (κ2) is 11.6. The lowest BCUT2D eigenvalue weighted by Gasteiger charge is -2.17. The van der Waals surface area contributed by atoms with E-state index in [1.54, 1.807) is 55.6 Å². The summed E-state index contributed by atoms with van der Waals surface area (Å²) >= 11 is 6.11. The first-order valence-electron chi connectivity index (χ1n) is 11.5. The maximum absolute atomic E-state index is 12.8. The van der Waals surface area contributed by atoms with Gasteiger partial charge < -0.3 is 36.3 Å². The van der Waals surface area contributed by atoms with Crippen LogP contribution in [0.25, 0.3) is 11.4 Å². The summed E-state index contributed by atoms with van der Waals surface area (Å²) in [6.45, 7) is 0. The fraction of sp³-hybridized carbons (Fsp3) is 0.111. The number of aromatic nitrogens is 2. The minimum atomic E-state index is -0.738. The number of anilines is 6. The van der Waals surface area contributed by atoms with E-state index in [0.29, 0.717) is 22.1 Å². The van der Waals surface area contributed by atoms with Crippen LogP contribution in [0.3, 0.4) is 0 Å². The number of rotatable bonds is 8. The standard InChI is InChI=1S/C27H25ClN6O5/c1-37-17-9-7-15(8-10-17)31-24-20(29)12-18(26(35)38-2)22(33-24)23-19(27(36)39-3)13-21(30)25(34-23)32-16-6-4-5-14(28)11-16/h4-13H,29-30H2,1-3H3,(H,31,33)(H,32,34). The summed E-state index contributed by atoms with van der Waals surface area (Å²) in [4.78, 5) is 34.7. The van der Waals surface area contributed by atoms with E-state index in [1.165, 1.54) is 26.4 Å². The van der Waals surface area contributed by atoms with Crippen molar-refractivity contribution in [2.24, 2.45) is 0 Å². The van der Waals surface area contributed by atoms with Crippen molar-refractivity contribution in [3.05, 3.63) is 76.8 Å². The summed E-state index contributed by atoms with van der Waals surface area (Å²) in [6, 6.07) is 16.7. The first kappa shape index (κ1) is 27.0. The fourth-order valence-electron chi connectivity index (χ4n) is 3.66. The van der Waals surface area contributed by atoms with Gasteiger partial charge in [-0.3, -0.25) is 0 Å². The first-order chi connectivity index (χ1) is 18.7. The largest absolute Gasteiger partial charge is 0.497 e. The van der Waals surface area contributed by atoms with Gasteiger partial charge in [0.15, 0.2) is 11.6 Å². The number of hydrogen-bond donors (Lipinski definition) is 4. The minimum absolute atomic E-state index is 0.0127. The van der Waals surface area contributed by atoms with Gasteiger partial charge in [-0.25, -0.2) is 19.6 Å². The molecule has 39 heavy (non-hydrogen) atoms. The lowest BCUT2D eigenvalue weighted by Crippen LogP contribution is -2.14. The summed E-state index contributed by atoms with van der Waals surface area (Å²) in [6.07, 6.45) is 0. The number of pyridine rings is 2. The molecule has 0 radical (unpaired) electrons. The Bertz CT molecular complexity index is 1540. The van der Waals surface area contributed by atoms with Crippen molar-refractivity contribution in [2.75, 3.05) is 43.4 Å². The number of nitrogens with two attached hydrogens (primary N) is 2. The summed E-state index contributed by atoms with van der Waals surface area (Å²) < 4.78 is 15.1. The number of carbonyl (C=O) groups is 2. The molecule has 4 aromatic rings. The van der Waals surface area contributed by atoms with Gasteiger partial charge in [-0.15, -0.1) is 0 Å². The molecule has 0 saturated carbocycles. The van der Waals surface area contributed by atoms with Gasteiger partial charge in [0.1, 0.15) is 17.1 Å². The number of hydrogen-bond acceptors (Lipinski definition) is 11. The maximum Gasteiger partial charge on any atom is 0.340 e. The number of nitrogen functional groups attached to an aromatic ring is 2. The van der Waals surface area contributed by atoms with Crippen molar-refractivity contribution < 1.29 is 23.8 Å². The molecule has 0 aliphatic heterocycles. The van der Waals surface area contributed by atoms with Gasteiger partial charge in [0.05, 0.1) is 43.8 Å². The maximum atomic E-state index is 12.8. The van der Waals surface area contributed by atoms with Crippen molar-refractivity contribution in [1.82, 2.24) is 9.97 Å². The number of nitrogens with zero attached hydrogens (tertiary/aromatic N) is 2. The average molecular weight is 549 g/mol. The highest BCUT2D eigenvalue weighted by atomic mass is 35.5. The number of methoxy groups -OCH3 is 3. The van der Waals surface area contributed by atoms with Crippen LogP contribution in [-0.4, -0.2) is 43.2 Å². The van der Waals surface area contributed by atoms with E-state index < -0.39 is 11.9 Å². The molecule has 6 N–H and O–H groups in total. The lowest BCUT2D eigenvalue weighted by atomic mass is 10.0. The Morgan fingerprint density at radius 1 is 0.744 bits per heavy atom. The summed E-state index contributed by atoms with van der Waals surface area (Å²) in [5.74, 6) is -0.408. The van der Waals surface area contributed by atoms with E-state index in [2.05, 4.69) is 20.6 Å². The molecule has 0 unspecified atom stereocenters. The summed E-state index contributed by atoms with van der Waals surface area (Å²) in [7, 11) is 4.00. The highest BCUT2D eigenvalue weighted by molar-refractivity contribution is 6.30. The molecule has 0 saturated heterocycles. The van der Waals surface area contributed by atoms with Crippen LogP contribution in [-0.2, 0) is 9.47 Å². The molecular formula is C27H25ClN6O5. The predicted octanol–water partition coefficient (Wildman–Crippen LogP) is 5.03. The zero-order valence-corrected chi connectivity index (χ0v) is 22.0. The third-order valence-corrected chi connectivity index (χ3v) is 5.81. The minimum Gasteiger partial charge on any atom is -0.497 e. The van der Waals surface area contributed by atoms with E-state index in [-0.39, 0.29) is 45.5 Å². The highest BCUT2D eigenvalue weighted by Gasteiger charge is 2.26. The molecule has 0 amide bonds.